The Morgan fingerprint density at radius 1 is 0.397 bits per heavy atom. The first-order valence-electron chi connectivity index (χ1n) is 22.0. The highest BCUT2D eigenvalue weighted by molar-refractivity contribution is 6.42. The average Bonchev–Trinajstić information content (AvgIpc) is 4.25. The minimum Gasteiger partial charge on any atom is -0.497 e. The van der Waals surface area contributed by atoms with Crippen LogP contribution in [0.4, 0.5) is 0 Å². The summed E-state index contributed by atoms with van der Waals surface area (Å²) >= 11 is 11.9. The number of hydrogen-bond acceptors (Lipinski definition) is 13. The third kappa shape index (κ3) is 14.1. The molecule has 0 saturated heterocycles. The SMILES string of the molecule is COc1ccc(OC)c(Oc2cc(Cn3ccnc3)ccc2C#N)c1.COc1ccc(Oc2cc(Cn3ccnc3)ccc2C#N)cc1OC.N#Cc1ccc(Cn2ccnc2)cc1Oc1ccc(Cl)c(Cl)c1. The Kier molecular flexibility index (Phi) is 17.9. The number of benzene rings is 6. The Balaban J connectivity index is 0.000000160. The van der Waals surface area contributed by atoms with Gasteiger partial charge in [0, 0.05) is 75.0 Å². The third-order valence-corrected chi connectivity index (χ3v) is 11.3. The van der Waals surface area contributed by atoms with Gasteiger partial charge in [-0.1, -0.05) is 41.4 Å². The summed E-state index contributed by atoms with van der Waals surface area (Å²) in [5, 5.41) is 28.8. The zero-order valence-corrected chi connectivity index (χ0v) is 41.4. The molecule has 0 atom stereocenters. The number of nitrogens with zero attached hydrogens (tertiary/aromatic N) is 9. The van der Waals surface area contributed by atoms with Gasteiger partial charge in [-0.3, -0.25) is 0 Å². The van der Waals surface area contributed by atoms with Crippen molar-refractivity contribution in [3.05, 3.63) is 209 Å². The highest BCUT2D eigenvalue weighted by Crippen LogP contribution is 2.38. The van der Waals surface area contributed by atoms with Crippen molar-refractivity contribution in [2.45, 2.75) is 19.6 Å². The lowest BCUT2D eigenvalue weighted by atomic mass is 10.1. The fourth-order valence-electron chi connectivity index (χ4n) is 6.96. The van der Waals surface area contributed by atoms with E-state index in [0.717, 1.165) is 16.7 Å². The van der Waals surface area contributed by atoms with Gasteiger partial charge in [-0.2, -0.15) is 15.8 Å². The molecule has 6 aromatic carbocycles. The molecule has 3 aromatic heterocycles. The number of methoxy groups -OCH3 is 4. The number of ether oxygens (including phenoxy) is 7. The summed E-state index contributed by atoms with van der Waals surface area (Å²) in [6.07, 6.45) is 16.0. The molecule has 3 heterocycles. The van der Waals surface area contributed by atoms with Gasteiger partial charge in [0.25, 0.3) is 0 Å². The molecule has 0 aliphatic heterocycles. The quantitative estimate of drug-likeness (QED) is 0.0889. The monoisotopic (exact) mass is 1010 g/mol. The van der Waals surface area contributed by atoms with Crippen molar-refractivity contribution in [3.63, 3.8) is 0 Å². The molecule has 73 heavy (non-hydrogen) atoms. The highest BCUT2D eigenvalue weighted by atomic mass is 35.5. The minimum atomic E-state index is 0.400. The zero-order chi connectivity index (χ0) is 51.5. The first-order valence-corrected chi connectivity index (χ1v) is 22.8. The largest absolute Gasteiger partial charge is 0.497 e. The Bertz CT molecular complexity index is 3380. The van der Waals surface area contributed by atoms with Crippen LogP contribution in [0.5, 0.6) is 57.5 Å². The third-order valence-electron chi connectivity index (χ3n) is 10.6. The van der Waals surface area contributed by atoms with E-state index in [0.29, 0.717) is 104 Å². The molecule has 0 aliphatic rings. The smallest absolute Gasteiger partial charge is 0.173 e. The molecule has 0 spiro atoms. The van der Waals surface area contributed by atoms with Gasteiger partial charge < -0.3 is 46.9 Å². The van der Waals surface area contributed by atoms with E-state index in [1.54, 1.807) is 139 Å². The number of rotatable bonds is 16. The van der Waals surface area contributed by atoms with Crippen molar-refractivity contribution in [2.75, 3.05) is 28.4 Å². The van der Waals surface area contributed by atoms with Crippen LogP contribution in [0.25, 0.3) is 0 Å². The Labute approximate surface area is 431 Å². The average molecular weight is 1010 g/mol. The Morgan fingerprint density at radius 3 is 1.19 bits per heavy atom. The van der Waals surface area contributed by atoms with Crippen LogP contribution in [0.3, 0.4) is 0 Å². The first kappa shape index (κ1) is 51.5. The van der Waals surface area contributed by atoms with Gasteiger partial charge in [-0.25, -0.2) is 15.0 Å². The van der Waals surface area contributed by atoms with E-state index in [4.69, 9.17) is 56.4 Å². The highest BCUT2D eigenvalue weighted by Gasteiger charge is 2.14. The van der Waals surface area contributed by atoms with Gasteiger partial charge in [0.1, 0.15) is 52.7 Å². The molecule has 0 fully saturated rings. The second-order valence-corrected chi connectivity index (χ2v) is 16.3. The molecule has 0 unspecified atom stereocenters. The molecule has 0 aliphatic carbocycles. The predicted octanol–water partition coefficient (Wildman–Crippen LogP) is 12.1. The minimum absolute atomic E-state index is 0.400. The van der Waals surface area contributed by atoms with E-state index >= 15 is 0 Å². The molecule has 366 valence electrons. The van der Waals surface area contributed by atoms with Gasteiger partial charge in [0.15, 0.2) is 23.0 Å². The van der Waals surface area contributed by atoms with Crippen molar-refractivity contribution < 1.29 is 33.2 Å². The van der Waals surface area contributed by atoms with Crippen LogP contribution < -0.4 is 33.2 Å². The van der Waals surface area contributed by atoms with E-state index in [-0.39, 0.29) is 0 Å². The van der Waals surface area contributed by atoms with E-state index in [9.17, 15) is 15.8 Å². The molecule has 18 heteroatoms. The summed E-state index contributed by atoms with van der Waals surface area (Å²) in [5.74, 6) is 5.39. The Hall–Kier alpha value is -9.40. The van der Waals surface area contributed by atoms with Gasteiger partial charge in [0.05, 0.1) is 74.2 Å². The predicted molar refractivity (Wildman–Crippen MR) is 273 cm³/mol. The van der Waals surface area contributed by atoms with Gasteiger partial charge >= 0.3 is 0 Å². The van der Waals surface area contributed by atoms with Gasteiger partial charge in [0.2, 0.25) is 0 Å². The summed E-state index contributed by atoms with van der Waals surface area (Å²) in [6, 6.07) is 38.4. The normalized spacial score (nSPS) is 10.2. The second-order valence-electron chi connectivity index (χ2n) is 15.4. The van der Waals surface area contributed by atoms with Gasteiger partial charge in [-0.15, -0.1) is 0 Å². The lowest BCUT2D eigenvalue weighted by molar-refractivity contribution is 0.352. The summed E-state index contributed by atoms with van der Waals surface area (Å²) in [6.45, 7) is 1.93. The molecular formula is C55H45Cl2N9O7. The fraction of sp³-hybridized carbons (Fsp3) is 0.127. The molecule has 0 N–H and O–H groups in total. The topological polar surface area (TPSA) is 189 Å². The van der Waals surface area contributed by atoms with Crippen molar-refractivity contribution in [1.82, 2.24) is 28.7 Å². The number of nitriles is 3. The maximum absolute atomic E-state index is 9.37. The first-order chi connectivity index (χ1) is 35.6. The molecule has 0 bridgehead atoms. The number of halogens is 2. The van der Waals surface area contributed by atoms with Gasteiger partial charge in [-0.05, 0) is 89.5 Å². The second kappa shape index (κ2) is 25.5. The maximum atomic E-state index is 9.37. The number of aromatic nitrogens is 6. The lowest BCUT2D eigenvalue weighted by Crippen LogP contribution is -1.98. The van der Waals surface area contributed by atoms with E-state index < -0.39 is 0 Å². The number of imidazole rings is 3. The van der Waals surface area contributed by atoms with Crippen LogP contribution >= 0.6 is 23.2 Å². The van der Waals surface area contributed by atoms with Crippen LogP contribution in [0.2, 0.25) is 10.0 Å². The van der Waals surface area contributed by atoms with E-state index in [2.05, 4.69) is 33.2 Å². The van der Waals surface area contributed by atoms with Crippen LogP contribution in [0, 0.1) is 34.0 Å². The summed E-state index contributed by atoms with van der Waals surface area (Å²) in [4.78, 5) is 12.1. The summed E-state index contributed by atoms with van der Waals surface area (Å²) in [7, 11) is 6.28. The number of hydrogen-bond donors (Lipinski definition) is 0. The standard InChI is InChI=1S/2C19H17N3O3.C17H11Cl2N3O/c1-23-17-6-5-16(10-19(17)24-2)25-18-9-14(3-4-15(18)11-20)12-22-8-7-21-13-22;1-23-16-5-6-17(24-2)19(10-16)25-18-9-14(3-4-15(18)11-20)12-22-8-7-21-13-22;18-15-4-3-14(8-16(15)19)23-17-7-12(1-2-13(17)9-20)10-22-6-5-21-11-22/h2*3-10,13H,12H2,1-2H3;1-8,11H,10H2. The van der Waals surface area contributed by atoms with Crippen LogP contribution in [0.1, 0.15) is 33.4 Å². The summed E-state index contributed by atoms with van der Waals surface area (Å²) < 4.78 is 44.6. The van der Waals surface area contributed by atoms with Crippen molar-refractivity contribution in [3.8, 4) is 75.7 Å². The molecule has 0 radical (unpaired) electrons. The van der Waals surface area contributed by atoms with Crippen LogP contribution in [-0.4, -0.2) is 57.1 Å². The van der Waals surface area contributed by atoms with Crippen LogP contribution in [0.15, 0.2) is 165 Å². The summed E-state index contributed by atoms with van der Waals surface area (Å²) in [5.41, 5.74) is 4.35. The fourth-order valence-corrected chi connectivity index (χ4v) is 7.24. The molecule has 9 rings (SSSR count). The van der Waals surface area contributed by atoms with Crippen molar-refractivity contribution in [1.29, 1.82) is 15.8 Å². The van der Waals surface area contributed by atoms with Crippen LogP contribution in [-0.2, 0) is 19.6 Å². The van der Waals surface area contributed by atoms with Crippen molar-refractivity contribution in [2.24, 2.45) is 0 Å². The Morgan fingerprint density at radius 2 is 0.795 bits per heavy atom. The lowest BCUT2D eigenvalue weighted by Gasteiger charge is -2.13. The van der Waals surface area contributed by atoms with Crippen molar-refractivity contribution >= 4 is 23.2 Å². The molecule has 9 aromatic rings. The zero-order valence-electron chi connectivity index (χ0n) is 39.8. The van der Waals surface area contributed by atoms with E-state index in [1.165, 1.54) is 0 Å². The molecular weight excluding hydrogens is 970 g/mol. The molecule has 16 nitrogen and oxygen atoms in total. The van der Waals surface area contributed by atoms with E-state index in [1.807, 2.05) is 68.7 Å². The molecule has 0 amide bonds. The maximum Gasteiger partial charge on any atom is 0.173 e. The molecule has 0 saturated carbocycles.